The van der Waals surface area contributed by atoms with Crippen molar-refractivity contribution in [3.63, 3.8) is 0 Å². The third-order valence-electron chi connectivity index (χ3n) is 5.86. The molecule has 0 bridgehead atoms. The summed E-state index contributed by atoms with van der Waals surface area (Å²) in [6.07, 6.45) is 3.55. The number of nitrogens with zero attached hydrogens (tertiary/aromatic N) is 3. The number of halogens is 1. The Kier molecular flexibility index (Phi) is 5.49. The molecule has 7 nitrogen and oxygen atoms in total. The van der Waals surface area contributed by atoms with Crippen LogP contribution in [0.2, 0.25) is 5.02 Å². The Labute approximate surface area is 206 Å². The van der Waals surface area contributed by atoms with Gasteiger partial charge in [0.2, 0.25) is 0 Å². The lowest BCUT2D eigenvalue weighted by atomic mass is 10.1. The van der Waals surface area contributed by atoms with Gasteiger partial charge in [0.1, 0.15) is 5.57 Å². The predicted octanol–water partition coefficient (Wildman–Crippen LogP) is 3.97. The molecule has 35 heavy (non-hydrogen) atoms. The molecule has 5 rings (SSSR count). The number of H-pyrrole nitrogens is 1. The first-order chi connectivity index (χ1) is 16.8. The standard InChI is InChI=1S/C27H21ClN4O3/c1-16-12-17(2)15-30(14-16)24-23(25(33)31(27(24)35)20-9-5-4-6-10-20)22-18(3)29-32(26(22)34)21-11-7-8-19(28)13-21/h4-15H,1-3H3/p+1. The molecule has 174 valence electrons. The Hall–Kier alpha value is -4.23. The molecule has 1 N–H and O–H groups in total. The molecule has 0 aliphatic carbocycles. The van der Waals surface area contributed by atoms with Crippen LogP contribution in [0, 0.1) is 20.8 Å². The molecule has 3 heterocycles. The lowest BCUT2D eigenvalue weighted by molar-refractivity contribution is -0.577. The number of anilines is 1. The molecule has 2 amide bonds. The van der Waals surface area contributed by atoms with Crippen LogP contribution in [0.5, 0.6) is 0 Å². The second-order valence-corrected chi connectivity index (χ2v) is 8.97. The van der Waals surface area contributed by atoms with Gasteiger partial charge in [-0.25, -0.2) is 9.58 Å². The molecule has 1 aliphatic rings. The third-order valence-corrected chi connectivity index (χ3v) is 6.10. The number of amides is 2. The van der Waals surface area contributed by atoms with E-state index in [0.29, 0.717) is 22.1 Å². The molecule has 0 radical (unpaired) electrons. The van der Waals surface area contributed by atoms with E-state index in [4.69, 9.17) is 11.6 Å². The van der Waals surface area contributed by atoms with Gasteiger partial charge in [-0.1, -0.05) is 35.9 Å². The second kappa shape index (κ2) is 8.52. The van der Waals surface area contributed by atoms with E-state index < -0.39 is 17.4 Å². The van der Waals surface area contributed by atoms with Gasteiger partial charge >= 0.3 is 5.91 Å². The fourth-order valence-electron chi connectivity index (χ4n) is 4.47. The fraction of sp³-hybridized carbons (Fsp3) is 0.111. The number of aromatic nitrogens is 3. The number of aryl methyl sites for hydroxylation is 3. The highest BCUT2D eigenvalue weighted by Crippen LogP contribution is 2.33. The first-order valence-electron chi connectivity index (χ1n) is 11.0. The van der Waals surface area contributed by atoms with E-state index in [9.17, 15) is 14.4 Å². The van der Waals surface area contributed by atoms with Gasteiger partial charge in [0.25, 0.3) is 17.2 Å². The van der Waals surface area contributed by atoms with Crippen molar-refractivity contribution in [3.05, 3.63) is 111 Å². The van der Waals surface area contributed by atoms with Gasteiger partial charge < -0.3 is 0 Å². The highest BCUT2D eigenvalue weighted by molar-refractivity contribution is 6.53. The van der Waals surface area contributed by atoms with Crippen molar-refractivity contribution < 1.29 is 14.2 Å². The van der Waals surface area contributed by atoms with E-state index in [1.807, 2.05) is 26.0 Å². The molecular formula is C27H22ClN4O3+. The molecule has 0 fully saturated rings. The zero-order valence-corrected chi connectivity index (χ0v) is 20.1. The number of rotatable bonds is 4. The zero-order chi connectivity index (χ0) is 24.9. The van der Waals surface area contributed by atoms with Crippen molar-refractivity contribution in [2.45, 2.75) is 20.8 Å². The maximum absolute atomic E-state index is 13.8. The molecule has 0 spiro atoms. The summed E-state index contributed by atoms with van der Waals surface area (Å²) in [5.41, 5.74) is 3.12. The van der Waals surface area contributed by atoms with Crippen LogP contribution in [0.1, 0.15) is 22.4 Å². The summed E-state index contributed by atoms with van der Waals surface area (Å²) in [7, 11) is 0. The van der Waals surface area contributed by atoms with Crippen molar-refractivity contribution in [1.82, 2.24) is 9.78 Å². The quantitative estimate of drug-likeness (QED) is 0.351. The van der Waals surface area contributed by atoms with Crippen LogP contribution in [0.15, 0.2) is 77.9 Å². The van der Waals surface area contributed by atoms with Crippen LogP contribution in [-0.4, -0.2) is 21.6 Å². The first kappa shape index (κ1) is 22.6. The zero-order valence-electron chi connectivity index (χ0n) is 19.4. The molecule has 0 atom stereocenters. The number of para-hydroxylation sites is 1. The first-order valence-corrected chi connectivity index (χ1v) is 11.4. The molecule has 1 aliphatic heterocycles. The molecule has 4 aromatic rings. The summed E-state index contributed by atoms with van der Waals surface area (Å²) in [5.74, 6) is -1.05. The van der Waals surface area contributed by atoms with Gasteiger partial charge in [0, 0.05) is 21.8 Å². The fourth-order valence-corrected chi connectivity index (χ4v) is 4.66. The number of benzene rings is 2. The number of carbonyl (C=O) groups is 2. The van der Waals surface area contributed by atoms with Gasteiger partial charge in [0.05, 0.1) is 16.9 Å². The smallest absolute Gasteiger partial charge is 0.295 e. The molecular weight excluding hydrogens is 464 g/mol. The van der Waals surface area contributed by atoms with Gasteiger partial charge in [-0.3, -0.25) is 19.5 Å². The van der Waals surface area contributed by atoms with Gasteiger partial charge in [-0.15, -0.1) is 0 Å². The number of hydrogen-bond acceptors (Lipinski definition) is 3. The maximum atomic E-state index is 13.8. The van der Waals surface area contributed by atoms with Crippen molar-refractivity contribution in [2.75, 3.05) is 4.90 Å². The lowest BCUT2D eigenvalue weighted by Crippen LogP contribution is -2.40. The normalized spacial score (nSPS) is 13.8. The Balaban J connectivity index is 1.79. The van der Waals surface area contributed by atoms with Crippen LogP contribution >= 0.6 is 11.6 Å². The van der Waals surface area contributed by atoms with Crippen molar-refractivity contribution in [3.8, 4) is 5.69 Å². The van der Waals surface area contributed by atoms with Crippen LogP contribution in [0.3, 0.4) is 0 Å². The van der Waals surface area contributed by atoms with E-state index >= 15 is 0 Å². The second-order valence-electron chi connectivity index (χ2n) is 8.53. The number of hydrogen-bond donors (Lipinski definition) is 1. The Morgan fingerprint density at radius 2 is 1.46 bits per heavy atom. The third kappa shape index (κ3) is 3.80. The molecule has 0 saturated carbocycles. The number of aromatic amines is 1. The van der Waals surface area contributed by atoms with Gasteiger partial charge in [-0.2, -0.15) is 4.57 Å². The average molecular weight is 486 g/mol. The van der Waals surface area contributed by atoms with Crippen molar-refractivity contribution >= 4 is 40.4 Å². The van der Waals surface area contributed by atoms with Crippen molar-refractivity contribution in [2.24, 2.45) is 0 Å². The molecule has 0 saturated heterocycles. The van der Waals surface area contributed by atoms with E-state index in [1.54, 1.807) is 72.4 Å². The predicted molar refractivity (Wildman–Crippen MR) is 134 cm³/mol. The number of imide groups is 1. The monoisotopic (exact) mass is 485 g/mol. The molecule has 0 unspecified atom stereocenters. The van der Waals surface area contributed by atoms with Gasteiger partial charge in [0.15, 0.2) is 12.4 Å². The number of pyridine rings is 1. The highest BCUT2D eigenvalue weighted by atomic mass is 35.5. The minimum absolute atomic E-state index is 0.0494. The lowest BCUT2D eigenvalue weighted by Gasteiger charge is -2.13. The van der Waals surface area contributed by atoms with Crippen molar-refractivity contribution in [1.29, 1.82) is 0 Å². The van der Waals surface area contributed by atoms with Crippen LogP contribution in [-0.2, 0) is 9.59 Å². The SMILES string of the molecule is Cc1cc(C)c[n+](C2=C(c3c(C)[nH]n(-c4cccc(Cl)c4)c3=O)C(=O)N(c3ccccc3)C2=O)c1. The summed E-state index contributed by atoms with van der Waals surface area (Å²) < 4.78 is 2.97. The highest BCUT2D eigenvalue weighted by Gasteiger charge is 2.48. The molecule has 8 heteroatoms. The summed E-state index contributed by atoms with van der Waals surface area (Å²) in [6, 6.07) is 17.5. The summed E-state index contributed by atoms with van der Waals surface area (Å²) in [6.45, 7) is 5.53. The van der Waals surface area contributed by atoms with E-state index in [0.717, 1.165) is 16.0 Å². The topological polar surface area (TPSA) is 79.1 Å². The summed E-state index contributed by atoms with van der Waals surface area (Å²) in [5, 5.41) is 3.51. The summed E-state index contributed by atoms with van der Waals surface area (Å²) >= 11 is 6.14. The van der Waals surface area contributed by atoms with Crippen LogP contribution < -0.4 is 15.0 Å². The maximum Gasteiger partial charge on any atom is 0.331 e. The van der Waals surface area contributed by atoms with E-state index in [2.05, 4.69) is 5.10 Å². The largest absolute Gasteiger partial charge is 0.331 e. The number of nitrogens with one attached hydrogen (secondary N) is 1. The van der Waals surface area contributed by atoms with Crippen LogP contribution in [0.25, 0.3) is 17.0 Å². The Bertz CT molecular complexity index is 1580. The van der Waals surface area contributed by atoms with E-state index in [1.165, 1.54) is 4.68 Å². The molecule has 2 aromatic heterocycles. The Morgan fingerprint density at radius 1 is 0.800 bits per heavy atom. The summed E-state index contributed by atoms with van der Waals surface area (Å²) in [4.78, 5) is 42.4. The number of carbonyl (C=O) groups excluding carboxylic acids is 2. The minimum Gasteiger partial charge on any atom is -0.295 e. The van der Waals surface area contributed by atoms with Crippen LogP contribution in [0.4, 0.5) is 5.69 Å². The Morgan fingerprint density at radius 3 is 2.11 bits per heavy atom. The molecule has 2 aromatic carbocycles. The van der Waals surface area contributed by atoms with Gasteiger partial charge in [-0.05, 0) is 57.2 Å². The average Bonchev–Trinajstić information content (AvgIpc) is 3.24. The van der Waals surface area contributed by atoms with E-state index in [-0.39, 0.29) is 16.8 Å². The minimum atomic E-state index is -0.555.